The third kappa shape index (κ3) is 7.08. The van der Waals surface area contributed by atoms with Crippen molar-refractivity contribution < 1.29 is 23.7 Å². The van der Waals surface area contributed by atoms with Gasteiger partial charge < -0.3 is 18.9 Å². The maximum atomic E-state index is 12.4. The summed E-state index contributed by atoms with van der Waals surface area (Å²) < 4.78 is 23.5. The van der Waals surface area contributed by atoms with Gasteiger partial charge in [-0.05, 0) is 61.2 Å². The van der Waals surface area contributed by atoms with Crippen molar-refractivity contribution in [3.8, 4) is 11.5 Å². The smallest absolute Gasteiger partial charge is 0.188 e. The quantitative estimate of drug-likeness (QED) is 0.165. The van der Waals surface area contributed by atoms with Crippen molar-refractivity contribution in [2.24, 2.45) is 0 Å². The van der Waals surface area contributed by atoms with E-state index in [1.165, 1.54) is 0 Å². The van der Waals surface area contributed by atoms with Crippen molar-refractivity contribution in [3.05, 3.63) is 76.3 Å². The first kappa shape index (κ1) is 30.8. The molecule has 0 aromatic heterocycles. The summed E-state index contributed by atoms with van der Waals surface area (Å²) in [6.45, 7) is 17.6. The number of carbonyl (C=O) groups excluding carboxylic acids is 1. The lowest BCUT2D eigenvalue weighted by Crippen LogP contribution is -2.30. The zero-order valence-corrected chi connectivity index (χ0v) is 26.0. The summed E-state index contributed by atoms with van der Waals surface area (Å²) in [5.41, 5.74) is 4.71. The van der Waals surface area contributed by atoms with Gasteiger partial charge in [0.15, 0.2) is 19.9 Å². The van der Waals surface area contributed by atoms with Crippen LogP contribution < -0.4 is 25.4 Å². The molecule has 3 rings (SSSR count). The molecular weight excluding hydrogens is 507 g/mol. The normalized spacial score (nSPS) is 12.1. The van der Waals surface area contributed by atoms with Crippen molar-refractivity contribution in [2.45, 2.75) is 66.2 Å². The van der Waals surface area contributed by atoms with Crippen LogP contribution in [0.3, 0.4) is 0 Å². The van der Waals surface area contributed by atoms with E-state index in [0.29, 0.717) is 5.56 Å². The molecule has 0 heterocycles. The lowest BCUT2D eigenvalue weighted by Gasteiger charge is -2.32. The maximum Gasteiger partial charge on any atom is 0.188 e. The Morgan fingerprint density at radius 2 is 1.13 bits per heavy atom. The molecule has 0 aliphatic carbocycles. The number of carbonyl (C=O) groups is 1. The minimum atomic E-state index is -1.30. The number of ether oxygens (including phenoxy) is 4. The monoisotopic (exact) mass is 550 g/mol. The van der Waals surface area contributed by atoms with Crippen LogP contribution in [-0.2, 0) is 20.3 Å². The second-order valence-electron chi connectivity index (χ2n) is 11.9. The fourth-order valence-electron chi connectivity index (χ4n) is 4.67. The topological polar surface area (TPSA) is 54.0 Å². The van der Waals surface area contributed by atoms with Gasteiger partial charge in [0.05, 0.1) is 0 Å². The molecule has 0 saturated carbocycles. The summed E-state index contributed by atoms with van der Waals surface area (Å²) in [5.74, 6) is 1.58. The minimum Gasteiger partial charge on any atom is -0.467 e. The van der Waals surface area contributed by atoms with E-state index in [1.807, 2.05) is 24.3 Å². The fraction of sp³-hybridized carbons (Fsp3) is 0.424. The zero-order valence-electron chi connectivity index (χ0n) is 25.1. The number of benzene rings is 3. The first-order valence-corrected chi connectivity index (χ1v) is 14.6. The second kappa shape index (κ2) is 12.6. The average Bonchev–Trinajstić information content (AvgIpc) is 2.86. The molecule has 0 aliphatic rings. The molecule has 0 radical (unpaired) electrons. The van der Waals surface area contributed by atoms with Crippen molar-refractivity contribution >= 4 is 30.1 Å². The number of methoxy groups -OCH3 is 2. The van der Waals surface area contributed by atoms with Crippen molar-refractivity contribution in [1.82, 2.24) is 0 Å². The summed E-state index contributed by atoms with van der Waals surface area (Å²) in [6.07, 6.45) is 0.941. The molecule has 0 spiro atoms. The van der Waals surface area contributed by atoms with Crippen LogP contribution in [0.2, 0.25) is 0 Å². The Labute approximate surface area is 235 Å². The highest BCUT2D eigenvalue weighted by Gasteiger charge is 2.33. The van der Waals surface area contributed by atoms with Crippen LogP contribution in [0.25, 0.3) is 0 Å². The van der Waals surface area contributed by atoms with Crippen molar-refractivity contribution in [2.75, 3.05) is 27.8 Å². The van der Waals surface area contributed by atoms with Gasteiger partial charge in [0.2, 0.25) is 0 Å². The van der Waals surface area contributed by atoms with Crippen LogP contribution in [0, 0.1) is 13.8 Å². The van der Waals surface area contributed by atoms with E-state index in [1.54, 1.807) is 14.2 Å². The molecule has 6 heteroatoms. The Kier molecular flexibility index (Phi) is 9.98. The number of aryl methyl sites for hydroxylation is 2. The van der Waals surface area contributed by atoms with E-state index in [-0.39, 0.29) is 24.4 Å². The Bertz CT molecular complexity index is 1230. The van der Waals surface area contributed by atoms with Gasteiger partial charge >= 0.3 is 0 Å². The molecule has 0 bridgehead atoms. The summed E-state index contributed by atoms with van der Waals surface area (Å²) in [6, 6.07) is 16.6. The third-order valence-electron chi connectivity index (χ3n) is 6.47. The predicted molar refractivity (Wildman–Crippen MR) is 162 cm³/mol. The van der Waals surface area contributed by atoms with Gasteiger partial charge in [0, 0.05) is 41.5 Å². The van der Waals surface area contributed by atoms with Crippen LogP contribution in [0.1, 0.15) is 74.2 Å². The second-order valence-corrected chi connectivity index (χ2v) is 14.1. The third-order valence-corrected chi connectivity index (χ3v) is 8.99. The highest BCUT2D eigenvalue weighted by atomic mass is 31.1. The van der Waals surface area contributed by atoms with Crippen LogP contribution >= 0.6 is 7.92 Å². The largest absolute Gasteiger partial charge is 0.467 e. The van der Waals surface area contributed by atoms with E-state index in [4.69, 9.17) is 18.9 Å². The first-order valence-electron chi connectivity index (χ1n) is 13.2. The number of rotatable bonds is 10. The van der Waals surface area contributed by atoms with E-state index in [9.17, 15) is 4.79 Å². The van der Waals surface area contributed by atoms with Gasteiger partial charge in [0.25, 0.3) is 0 Å². The van der Waals surface area contributed by atoms with Crippen LogP contribution in [0.15, 0.2) is 48.5 Å². The summed E-state index contributed by atoms with van der Waals surface area (Å²) >= 11 is 0. The minimum absolute atomic E-state index is 0.117. The number of aldehydes is 1. The zero-order chi connectivity index (χ0) is 29.0. The molecule has 3 aromatic rings. The van der Waals surface area contributed by atoms with E-state index in [0.717, 1.165) is 56.0 Å². The lowest BCUT2D eigenvalue weighted by atomic mass is 9.85. The van der Waals surface area contributed by atoms with Crippen LogP contribution in [0.5, 0.6) is 11.5 Å². The summed E-state index contributed by atoms with van der Waals surface area (Å²) in [4.78, 5) is 12.4. The van der Waals surface area contributed by atoms with Crippen LogP contribution in [0.4, 0.5) is 0 Å². The molecule has 0 aliphatic heterocycles. The summed E-state index contributed by atoms with van der Waals surface area (Å²) in [5, 5.41) is 2.99. The highest BCUT2D eigenvalue weighted by Crippen LogP contribution is 2.46. The number of hydrogen-bond acceptors (Lipinski definition) is 5. The van der Waals surface area contributed by atoms with Gasteiger partial charge in [-0.1, -0.05) is 77.9 Å². The Morgan fingerprint density at radius 3 is 1.51 bits per heavy atom. The maximum absolute atomic E-state index is 12.4. The van der Waals surface area contributed by atoms with Gasteiger partial charge in [-0.15, -0.1) is 0 Å². The molecule has 0 N–H and O–H groups in total. The van der Waals surface area contributed by atoms with Gasteiger partial charge in [-0.2, -0.15) is 0 Å². The summed E-state index contributed by atoms with van der Waals surface area (Å²) in [7, 11) is 1.96. The predicted octanol–water partition coefficient (Wildman–Crippen LogP) is 6.43. The SMILES string of the molecule is COCOc1c(P(c2ccccc2C=O)c2cc(C)cc(C(C)(C)C)c2OCOC)cc(C)cc1C(C)(C)C. The molecule has 3 aromatic carbocycles. The van der Waals surface area contributed by atoms with Crippen molar-refractivity contribution in [1.29, 1.82) is 0 Å². The first-order chi connectivity index (χ1) is 18.3. The standard InChI is InChI=1S/C33H43O5P/c1-22-15-25(32(3,4)5)30(37-20-35-9)28(17-22)39(27-14-12-11-13-24(27)19-34)29-18-23(2)16-26(33(6,7)8)31(29)38-21-36-10/h11-19H,20-21H2,1-10H3. The van der Waals surface area contributed by atoms with Crippen molar-refractivity contribution in [3.63, 3.8) is 0 Å². The molecule has 0 fully saturated rings. The molecular formula is C33H43O5P. The van der Waals surface area contributed by atoms with Gasteiger partial charge in [-0.3, -0.25) is 4.79 Å². The Balaban J connectivity index is 2.55. The van der Waals surface area contributed by atoms with Crippen LogP contribution in [-0.4, -0.2) is 34.1 Å². The molecule has 0 atom stereocenters. The van der Waals surface area contributed by atoms with Gasteiger partial charge in [-0.25, -0.2) is 0 Å². The lowest BCUT2D eigenvalue weighted by molar-refractivity contribution is 0.0506. The fourth-order valence-corrected chi connectivity index (χ4v) is 7.51. The number of hydrogen-bond donors (Lipinski definition) is 0. The van der Waals surface area contributed by atoms with E-state index >= 15 is 0 Å². The molecule has 0 unspecified atom stereocenters. The molecule has 0 amide bonds. The highest BCUT2D eigenvalue weighted by molar-refractivity contribution is 7.80. The average molecular weight is 551 g/mol. The Morgan fingerprint density at radius 1 is 0.692 bits per heavy atom. The molecule has 210 valence electrons. The van der Waals surface area contributed by atoms with E-state index < -0.39 is 7.92 Å². The van der Waals surface area contributed by atoms with Gasteiger partial charge in [0.1, 0.15) is 11.5 Å². The van der Waals surface area contributed by atoms with E-state index in [2.05, 4.69) is 79.7 Å². The molecule has 5 nitrogen and oxygen atoms in total. The molecule has 0 saturated heterocycles. The Hall–Kier alpha value is -2.72. The molecule has 39 heavy (non-hydrogen) atoms.